The van der Waals surface area contributed by atoms with Gasteiger partial charge in [-0.2, -0.15) is 0 Å². The van der Waals surface area contributed by atoms with Crippen LogP contribution in [0, 0.1) is 5.41 Å². The molecule has 3 fully saturated rings. The number of nitrogens with zero attached hydrogens (tertiary/aromatic N) is 2. The lowest BCUT2D eigenvalue weighted by molar-refractivity contribution is -0.119. The molecule has 2 heterocycles. The molecule has 2 aliphatic heterocycles. The Hall–Kier alpha value is -1.83. The van der Waals surface area contributed by atoms with E-state index in [2.05, 4.69) is 34.2 Å². The fraction of sp³-hybridized carbons (Fsp3) is 0.741. The number of ether oxygens (including phenoxy) is 1. The maximum absolute atomic E-state index is 11.7. The zero-order valence-electron chi connectivity index (χ0n) is 21.3. The van der Waals surface area contributed by atoms with Crippen molar-refractivity contribution in [1.29, 1.82) is 0 Å². The molecule has 3 aliphatic rings. The number of methoxy groups -OCH3 is 1. The largest absolute Gasteiger partial charge is 0.497 e. The predicted molar refractivity (Wildman–Crippen MR) is 134 cm³/mol. The topological polar surface area (TPSA) is 85.3 Å². The van der Waals surface area contributed by atoms with Gasteiger partial charge < -0.3 is 25.2 Å². The van der Waals surface area contributed by atoms with Crippen LogP contribution in [0.2, 0.25) is 0 Å². The highest BCUT2D eigenvalue weighted by molar-refractivity contribution is 5.72. The van der Waals surface area contributed by atoms with Crippen LogP contribution >= 0.6 is 0 Å². The van der Waals surface area contributed by atoms with Crippen molar-refractivity contribution < 1.29 is 19.7 Å². The molecule has 4 rings (SSSR count). The molecule has 4 atom stereocenters. The highest BCUT2D eigenvalue weighted by atomic mass is 16.5. The molecule has 1 amide bonds. The van der Waals surface area contributed by atoms with Gasteiger partial charge in [0, 0.05) is 56.3 Å². The van der Waals surface area contributed by atoms with Gasteiger partial charge in [-0.25, -0.2) is 0 Å². The lowest BCUT2D eigenvalue weighted by Crippen LogP contribution is -2.57. The molecular weight excluding hydrogens is 430 g/mol. The number of benzene rings is 1. The van der Waals surface area contributed by atoms with E-state index in [0.29, 0.717) is 25.9 Å². The van der Waals surface area contributed by atoms with Gasteiger partial charge in [0.1, 0.15) is 5.75 Å². The first-order chi connectivity index (χ1) is 16.1. The van der Waals surface area contributed by atoms with Gasteiger partial charge in [0.25, 0.3) is 0 Å². The van der Waals surface area contributed by atoms with Gasteiger partial charge in [-0.15, -0.1) is 0 Å². The standard InChI is InChI=1S/C27H43N3O4/c1-20(31)28-18-22-17-25(2)24(7-5-6-12-26(25,3)32)30(22)19-27(33)13-15-29(16-14-27)21-8-10-23(34-4)11-9-21/h8-11,22,24,32-33H,5-7,12-19H2,1-4H3,(H,28,31)/t22-,24-,25-,26+/m1/s1. The van der Waals surface area contributed by atoms with Crippen molar-refractivity contribution in [3.63, 3.8) is 0 Å². The SMILES string of the molecule is COc1ccc(N2CCC(O)(CN3[C@@H](CNC(C)=O)C[C@]4(C)[C@H]3CCCC[C@]4(C)O)CC2)cc1. The summed E-state index contributed by atoms with van der Waals surface area (Å²) in [5, 5.41) is 26.2. The van der Waals surface area contributed by atoms with E-state index in [4.69, 9.17) is 4.74 Å². The summed E-state index contributed by atoms with van der Waals surface area (Å²) in [6.45, 7) is 8.51. The third-order valence-corrected chi connectivity index (χ3v) is 9.08. The maximum Gasteiger partial charge on any atom is 0.216 e. The molecule has 0 aromatic heterocycles. The number of likely N-dealkylation sites (tertiary alicyclic amines) is 1. The van der Waals surface area contributed by atoms with Crippen molar-refractivity contribution >= 4 is 11.6 Å². The Kier molecular flexibility index (Phi) is 7.19. The molecule has 1 aromatic rings. The number of amides is 1. The number of anilines is 1. The average Bonchev–Trinajstić information content (AvgIpc) is 3.01. The number of carbonyl (C=O) groups is 1. The highest BCUT2D eigenvalue weighted by Crippen LogP contribution is 2.53. The zero-order valence-corrected chi connectivity index (χ0v) is 21.3. The molecule has 190 valence electrons. The Balaban J connectivity index is 1.49. The lowest BCUT2D eigenvalue weighted by Gasteiger charge is -2.47. The molecule has 0 spiro atoms. The number of piperidine rings is 1. The van der Waals surface area contributed by atoms with Crippen molar-refractivity contribution in [3.8, 4) is 5.75 Å². The van der Waals surface area contributed by atoms with Gasteiger partial charge in [0.15, 0.2) is 0 Å². The van der Waals surface area contributed by atoms with Crippen molar-refractivity contribution in [3.05, 3.63) is 24.3 Å². The Morgan fingerprint density at radius 1 is 1.12 bits per heavy atom. The normalized spacial score (nSPS) is 33.8. The number of aliphatic hydroxyl groups is 2. The van der Waals surface area contributed by atoms with Crippen LogP contribution in [-0.4, -0.2) is 77.6 Å². The Bertz CT molecular complexity index is 850. The minimum absolute atomic E-state index is 0.0320. The average molecular weight is 474 g/mol. The fourth-order valence-electron chi connectivity index (χ4n) is 6.68. The van der Waals surface area contributed by atoms with Crippen LogP contribution in [-0.2, 0) is 4.79 Å². The van der Waals surface area contributed by atoms with Crippen LogP contribution in [0.5, 0.6) is 5.75 Å². The summed E-state index contributed by atoms with van der Waals surface area (Å²) >= 11 is 0. The van der Waals surface area contributed by atoms with Crippen LogP contribution < -0.4 is 15.0 Å². The molecule has 2 saturated heterocycles. The molecule has 7 nitrogen and oxygen atoms in total. The molecule has 7 heteroatoms. The smallest absolute Gasteiger partial charge is 0.216 e. The Labute approximate surface area is 204 Å². The van der Waals surface area contributed by atoms with E-state index in [0.717, 1.165) is 56.6 Å². The fourth-order valence-corrected chi connectivity index (χ4v) is 6.68. The van der Waals surface area contributed by atoms with E-state index in [1.807, 2.05) is 19.1 Å². The summed E-state index contributed by atoms with van der Waals surface area (Å²) in [5.74, 6) is 0.814. The van der Waals surface area contributed by atoms with Gasteiger partial charge >= 0.3 is 0 Å². The van der Waals surface area contributed by atoms with Gasteiger partial charge in [-0.05, 0) is 63.3 Å². The van der Waals surface area contributed by atoms with Crippen LogP contribution in [0.4, 0.5) is 5.69 Å². The van der Waals surface area contributed by atoms with Gasteiger partial charge in [0.05, 0.1) is 18.3 Å². The van der Waals surface area contributed by atoms with Gasteiger partial charge in [-0.1, -0.05) is 19.8 Å². The minimum Gasteiger partial charge on any atom is -0.497 e. The van der Waals surface area contributed by atoms with E-state index in [-0.39, 0.29) is 23.4 Å². The van der Waals surface area contributed by atoms with E-state index >= 15 is 0 Å². The highest BCUT2D eigenvalue weighted by Gasteiger charge is 2.58. The minimum atomic E-state index is -0.777. The van der Waals surface area contributed by atoms with E-state index < -0.39 is 11.2 Å². The van der Waals surface area contributed by atoms with Gasteiger partial charge in [-0.3, -0.25) is 9.69 Å². The number of hydrogen-bond donors (Lipinski definition) is 3. The van der Waals surface area contributed by atoms with E-state index in [1.165, 1.54) is 0 Å². The Morgan fingerprint density at radius 2 is 1.79 bits per heavy atom. The predicted octanol–water partition coefficient (Wildman–Crippen LogP) is 2.94. The summed E-state index contributed by atoms with van der Waals surface area (Å²) in [6, 6.07) is 8.43. The molecule has 0 bridgehead atoms. The van der Waals surface area contributed by atoms with Crippen molar-refractivity contribution in [2.75, 3.05) is 38.2 Å². The zero-order chi connectivity index (χ0) is 24.6. The summed E-state index contributed by atoms with van der Waals surface area (Å²) in [6.07, 6.45) is 6.18. The first-order valence-electron chi connectivity index (χ1n) is 12.9. The van der Waals surface area contributed by atoms with Crippen molar-refractivity contribution in [1.82, 2.24) is 10.2 Å². The number of β-amino-alcohol motifs (C(OH)–C–C–N with tert-alkyl or cyclic N) is 1. The Morgan fingerprint density at radius 3 is 2.41 bits per heavy atom. The van der Waals surface area contributed by atoms with Crippen LogP contribution in [0.25, 0.3) is 0 Å². The van der Waals surface area contributed by atoms with Crippen LogP contribution in [0.1, 0.15) is 65.7 Å². The second-order valence-electron chi connectivity index (χ2n) is 11.3. The summed E-state index contributed by atoms with van der Waals surface area (Å²) in [4.78, 5) is 16.5. The number of nitrogens with one attached hydrogen (secondary N) is 1. The summed E-state index contributed by atoms with van der Waals surface area (Å²) < 4.78 is 5.28. The molecule has 3 N–H and O–H groups in total. The number of fused-ring (bicyclic) bond motifs is 1. The third-order valence-electron chi connectivity index (χ3n) is 9.08. The summed E-state index contributed by atoms with van der Waals surface area (Å²) in [5.41, 5.74) is -0.634. The molecule has 1 saturated carbocycles. The second kappa shape index (κ2) is 9.67. The van der Waals surface area contributed by atoms with E-state index in [9.17, 15) is 15.0 Å². The van der Waals surface area contributed by atoms with Crippen molar-refractivity contribution in [2.45, 2.75) is 89.0 Å². The van der Waals surface area contributed by atoms with Crippen molar-refractivity contribution in [2.24, 2.45) is 5.41 Å². The first kappa shape index (κ1) is 25.3. The van der Waals surface area contributed by atoms with Crippen LogP contribution in [0.3, 0.4) is 0 Å². The van der Waals surface area contributed by atoms with E-state index in [1.54, 1.807) is 14.0 Å². The first-order valence-corrected chi connectivity index (χ1v) is 12.9. The third kappa shape index (κ3) is 4.93. The molecule has 1 aromatic carbocycles. The van der Waals surface area contributed by atoms with Gasteiger partial charge in [0.2, 0.25) is 5.91 Å². The molecule has 0 radical (unpaired) electrons. The molecular formula is C27H43N3O4. The molecule has 0 unspecified atom stereocenters. The number of carbonyl (C=O) groups excluding carboxylic acids is 1. The summed E-state index contributed by atoms with van der Waals surface area (Å²) in [7, 11) is 1.67. The molecule has 1 aliphatic carbocycles. The maximum atomic E-state index is 11.7. The monoisotopic (exact) mass is 473 g/mol. The quantitative estimate of drug-likeness (QED) is 0.589. The van der Waals surface area contributed by atoms with Crippen LogP contribution in [0.15, 0.2) is 24.3 Å². The number of rotatable bonds is 6. The lowest BCUT2D eigenvalue weighted by atomic mass is 9.67. The number of hydrogen-bond acceptors (Lipinski definition) is 6. The second-order valence-corrected chi connectivity index (χ2v) is 11.3. The molecule has 34 heavy (non-hydrogen) atoms.